The number of hydrogen-bond acceptors (Lipinski definition) is 5. The van der Waals surface area contributed by atoms with Crippen LogP contribution in [0.15, 0.2) is 29.1 Å². The standard InChI is InChI=1S/C25H31N5O4/c1-14(2)30-23(33)19-6-4-3-5-18(19)21(29-30)22(32)28-27-20(31)13-26-24(34)25-10-15-7-16(11-25)9-17(8-15)12-25/h3-6,14-17H,7-13H2,1-2H3,(H,26,34)(H,27,31)(H,28,32). The first kappa shape index (κ1) is 22.6. The number of benzene rings is 1. The summed E-state index contributed by atoms with van der Waals surface area (Å²) in [5.41, 5.74) is 4.16. The Hall–Kier alpha value is -3.23. The van der Waals surface area contributed by atoms with E-state index in [1.54, 1.807) is 38.1 Å². The molecular formula is C25H31N5O4. The molecule has 0 saturated heterocycles. The summed E-state index contributed by atoms with van der Waals surface area (Å²) in [6.45, 7) is 3.40. The van der Waals surface area contributed by atoms with Crippen LogP contribution >= 0.6 is 0 Å². The van der Waals surface area contributed by atoms with E-state index in [4.69, 9.17) is 0 Å². The van der Waals surface area contributed by atoms with Crippen molar-refractivity contribution in [3.05, 3.63) is 40.3 Å². The van der Waals surface area contributed by atoms with Gasteiger partial charge in [-0.25, -0.2) is 4.68 Å². The Morgan fingerprint density at radius 3 is 2.18 bits per heavy atom. The molecule has 1 aromatic heterocycles. The third kappa shape index (κ3) is 3.97. The van der Waals surface area contributed by atoms with Crippen LogP contribution in [-0.2, 0) is 9.59 Å². The molecule has 6 rings (SSSR count). The summed E-state index contributed by atoms with van der Waals surface area (Å²) < 4.78 is 1.25. The molecule has 4 aliphatic rings. The molecule has 0 unspecified atom stereocenters. The summed E-state index contributed by atoms with van der Waals surface area (Å²) in [4.78, 5) is 50.9. The highest BCUT2D eigenvalue weighted by atomic mass is 16.2. The lowest BCUT2D eigenvalue weighted by Gasteiger charge is -2.55. The first-order chi connectivity index (χ1) is 16.3. The quantitative estimate of drug-likeness (QED) is 0.584. The van der Waals surface area contributed by atoms with Gasteiger partial charge in [0.05, 0.1) is 18.0 Å². The number of rotatable bonds is 5. The predicted octanol–water partition coefficient (Wildman–Crippen LogP) is 2.07. The molecule has 0 spiro atoms. The Kier molecular flexibility index (Phi) is 5.65. The van der Waals surface area contributed by atoms with Crippen LogP contribution in [0.2, 0.25) is 0 Å². The van der Waals surface area contributed by atoms with E-state index in [9.17, 15) is 19.2 Å². The number of nitrogens with zero attached hydrogens (tertiary/aromatic N) is 2. The summed E-state index contributed by atoms with van der Waals surface area (Å²) in [5.74, 6) is 0.730. The molecule has 0 atom stereocenters. The van der Waals surface area contributed by atoms with E-state index >= 15 is 0 Å². The molecule has 2 aromatic rings. The monoisotopic (exact) mass is 465 g/mol. The second kappa shape index (κ2) is 8.52. The molecule has 1 aromatic carbocycles. The van der Waals surface area contributed by atoms with E-state index in [-0.39, 0.29) is 35.2 Å². The number of carbonyl (C=O) groups is 3. The molecule has 4 bridgehead atoms. The van der Waals surface area contributed by atoms with E-state index in [0.717, 1.165) is 19.3 Å². The average Bonchev–Trinajstić information content (AvgIpc) is 2.80. The van der Waals surface area contributed by atoms with Crippen LogP contribution in [0.3, 0.4) is 0 Å². The van der Waals surface area contributed by atoms with Crippen molar-refractivity contribution in [3.63, 3.8) is 0 Å². The fraction of sp³-hybridized carbons (Fsp3) is 0.560. The minimum atomic E-state index is -0.633. The molecule has 0 aliphatic heterocycles. The zero-order valence-corrected chi connectivity index (χ0v) is 19.6. The third-order valence-corrected chi connectivity index (χ3v) is 7.78. The van der Waals surface area contributed by atoms with Crippen molar-refractivity contribution in [2.24, 2.45) is 23.2 Å². The number of amides is 3. The van der Waals surface area contributed by atoms with Crippen molar-refractivity contribution >= 4 is 28.5 Å². The number of carbonyl (C=O) groups excluding carboxylic acids is 3. The molecule has 180 valence electrons. The van der Waals surface area contributed by atoms with Gasteiger partial charge < -0.3 is 5.32 Å². The predicted molar refractivity (Wildman–Crippen MR) is 126 cm³/mol. The Bertz CT molecular complexity index is 1180. The topological polar surface area (TPSA) is 122 Å². The van der Waals surface area contributed by atoms with Crippen LogP contribution in [-0.4, -0.2) is 34.0 Å². The van der Waals surface area contributed by atoms with Gasteiger partial charge in [-0.1, -0.05) is 18.2 Å². The van der Waals surface area contributed by atoms with E-state index in [0.29, 0.717) is 28.5 Å². The van der Waals surface area contributed by atoms with Gasteiger partial charge in [0, 0.05) is 10.8 Å². The SMILES string of the molecule is CC(C)n1nc(C(=O)NNC(=O)CNC(=O)C23CC4CC(CC(C4)C2)C3)c2ccccc2c1=O. The largest absolute Gasteiger partial charge is 0.346 e. The molecule has 4 fully saturated rings. The maximum absolute atomic E-state index is 13.0. The molecule has 3 N–H and O–H groups in total. The summed E-state index contributed by atoms with van der Waals surface area (Å²) >= 11 is 0. The van der Waals surface area contributed by atoms with Gasteiger partial charge in [-0.05, 0) is 76.2 Å². The van der Waals surface area contributed by atoms with Crippen LogP contribution < -0.4 is 21.7 Å². The van der Waals surface area contributed by atoms with Gasteiger partial charge >= 0.3 is 0 Å². The average molecular weight is 466 g/mol. The van der Waals surface area contributed by atoms with Crippen LogP contribution in [0, 0.1) is 23.2 Å². The fourth-order valence-electron chi connectivity index (χ4n) is 6.69. The Labute approximate surface area is 197 Å². The van der Waals surface area contributed by atoms with Crippen LogP contribution in [0.5, 0.6) is 0 Å². The smallest absolute Gasteiger partial charge is 0.290 e. The molecule has 9 nitrogen and oxygen atoms in total. The number of hydrazine groups is 1. The fourth-order valence-corrected chi connectivity index (χ4v) is 6.69. The van der Waals surface area contributed by atoms with E-state index in [1.807, 2.05) is 0 Å². The lowest BCUT2D eigenvalue weighted by molar-refractivity contribution is -0.147. The highest BCUT2D eigenvalue weighted by molar-refractivity contribution is 6.05. The zero-order chi connectivity index (χ0) is 24.0. The summed E-state index contributed by atoms with van der Waals surface area (Å²) in [6.07, 6.45) is 6.50. The molecule has 34 heavy (non-hydrogen) atoms. The zero-order valence-electron chi connectivity index (χ0n) is 19.6. The molecular weight excluding hydrogens is 434 g/mol. The molecule has 3 amide bonds. The number of fused-ring (bicyclic) bond motifs is 1. The van der Waals surface area contributed by atoms with E-state index in [2.05, 4.69) is 21.3 Å². The van der Waals surface area contributed by atoms with E-state index in [1.165, 1.54) is 23.9 Å². The maximum atomic E-state index is 13.0. The van der Waals surface area contributed by atoms with Crippen molar-refractivity contribution in [3.8, 4) is 0 Å². The highest BCUT2D eigenvalue weighted by Crippen LogP contribution is 2.60. The summed E-state index contributed by atoms with van der Waals surface area (Å²) in [7, 11) is 0. The van der Waals surface area contributed by atoms with Crippen molar-refractivity contribution in [2.45, 2.75) is 58.4 Å². The lowest BCUT2D eigenvalue weighted by Crippen LogP contribution is -2.55. The van der Waals surface area contributed by atoms with E-state index < -0.39 is 11.8 Å². The maximum Gasteiger partial charge on any atom is 0.290 e. The normalized spacial score (nSPS) is 27.1. The van der Waals surface area contributed by atoms with Gasteiger partial charge in [-0.2, -0.15) is 5.10 Å². The number of nitrogens with one attached hydrogen (secondary N) is 3. The Balaban J connectivity index is 1.21. The first-order valence-corrected chi connectivity index (χ1v) is 12.1. The van der Waals surface area contributed by atoms with Gasteiger partial charge in [0.1, 0.15) is 0 Å². The summed E-state index contributed by atoms with van der Waals surface area (Å²) in [5, 5.41) is 7.82. The lowest BCUT2D eigenvalue weighted by atomic mass is 9.49. The summed E-state index contributed by atoms with van der Waals surface area (Å²) in [6, 6.07) is 6.51. The van der Waals surface area contributed by atoms with Crippen LogP contribution in [0.1, 0.15) is 68.9 Å². The Morgan fingerprint density at radius 2 is 1.59 bits per heavy atom. The molecule has 4 saturated carbocycles. The van der Waals surface area contributed by atoms with Crippen molar-refractivity contribution < 1.29 is 14.4 Å². The molecule has 0 radical (unpaired) electrons. The number of hydrogen-bond donors (Lipinski definition) is 3. The van der Waals surface area contributed by atoms with Crippen LogP contribution in [0.4, 0.5) is 0 Å². The molecule has 4 aliphatic carbocycles. The van der Waals surface area contributed by atoms with Crippen molar-refractivity contribution in [1.29, 1.82) is 0 Å². The van der Waals surface area contributed by atoms with Gasteiger partial charge in [-0.15, -0.1) is 0 Å². The van der Waals surface area contributed by atoms with Gasteiger partial charge in [-0.3, -0.25) is 30.0 Å². The third-order valence-electron chi connectivity index (χ3n) is 7.78. The minimum absolute atomic E-state index is 0.0373. The molecule has 1 heterocycles. The van der Waals surface area contributed by atoms with Crippen molar-refractivity contribution in [1.82, 2.24) is 25.9 Å². The number of aromatic nitrogens is 2. The second-order valence-corrected chi connectivity index (χ2v) is 10.6. The second-order valence-electron chi connectivity index (χ2n) is 10.6. The first-order valence-electron chi connectivity index (χ1n) is 12.1. The Morgan fingerprint density at radius 1 is 1.00 bits per heavy atom. The van der Waals surface area contributed by atoms with Gasteiger partial charge in [0.2, 0.25) is 5.91 Å². The van der Waals surface area contributed by atoms with Crippen molar-refractivity contribution in [2.75, 3.05) is 6.54 Å². The molecule has 9 heteroatoms. The highest BCUT2D eigenvalue weighted by Gasteiger charge is 2.54. The van der Waals surface area contributed by atoms with Gasteiger partial charge in [0.15, 0.2) is 5.69 Å². The van der Waals surface area contributed by atoms with Crippen LogP contribution in [0.25, 0.3) is 10.8 Å². The van der Waals surface area contributed by atoms with Gasteiger partial charge in [0.25, 0.3) is 17.4 Å². The minimum Gasteiger partial charge on any atom is -0.346 e.